The molecule has 0 radical (unpaired) electrons. The van der Waals surface area contributed by atoms with Crippen molar-refractivity contribution in [1.29, 1.82) is 0 Å². The van der Waals surface area contributed by atoms with Crippen molar-refractivity contribution in [2.75, 3.05) is 0 Å². The molecule has 0 amide bonds. The average molecular weight is 197 g/mol. The molecule has 1 aliphatic carbocycles. The highest BCUT2D eigenvalue weighted by atomic mass is 35.5. The van der Waals surface area contributed by atoms with Crippen molar-refractivity contribution in [3.8, 4) is 0 Å². The molecule has 0 bridgehead atoms. The van der Waals surface area contributed by atoms with Crippen LogP contribution in [0, 0.1) is 0 Å². The predicted molar refractivity (Wildman–Crippen MR) is 51.5 cm³/mol. The van der Waals surface area contributed by atoms with Crippen LogP contribution in [0.15, 0.2) is 24.3 Å². The lowest BCUT2D eigenvalue weighted by atomic mass is 9.93. The first-order valence-electron chi connectivity index (χ1n) is 4.03. The first kappa shape index (κ1) is 8.75. The first-order chi connectivity index (χ1) is 6.20. The summed E-state index contributed by atoms with van der Waals surface area (Å²) in [5, 5.41) is 19.5. The summed E-state index contributed by atoms with van der Waals surface area (Å²) in [6.07, 6.45) is 1.56. The standard InChI is InChI=1S/C10H9ClO2/c11-7-3-1-2-6-4-5-8(12)10(13)9(6)7/h1-5,8,10,12-13H/t8-,10-/m0/s1. The fourth-order valence-corrected chi connectivity index (χ4v) is 1.78. The third-order valence-corrected chi connectivity index (χ3v) is 2.51. The van der Waals surface area contributed by atoms with Crippen LogP contribution in [0.1, 0.15) is 17.2 Å². The fraction of sp³-hybridized carbons (Fsp3) is 0.200. The number of rotatable bonds is 0. The SMILES string of the molecule is O[C@@H]1c2c(Cl)cccc2C=C[C@@H]1O. The Kier molecular flexibility index (Phi) is 2.12. The number of benzene rings is 1. The van der Waals surface area contributed by atoms with Crippen LogP contribution in [0.4, 0.5) is 0 Å². The minimum atomic E-state index is -0.909. The maximum absolute atomic E-state index is 9.62. The van der Waals surface area contributed by atoms with Gasteiger partial charge in [-0.3, -0.25) is 0 Å². The summed E-state index contributed by atoms with van der Waals surface area (Å²) in [5.41, 5.74) is 1.48. The molecule has 0 saturated heterocycles. The van der Waals surface area contributed by atoms with E-state index in [-0.39, 0.29) is 0 Å². The van der Waals surface area contributed by atoms with E-state index in [0.29, 0.717) is 10.6 Å². The molecule has 2 atom stereocenters. The molecule has 68 valence electrons. The van der Waals surface area contributed by atoms with Crippen LogP contribution in [-0.4, -0.2) is 16.3 Å². The Morgan fingerprint density at radius 3 is 2.77 bits per heavy atom. The molecule has 0 heterocycles. The van der Waals surface area contributed by atoms with Crippen LogP contribution in [0.25, 0.3) is 6.08 Å². The molecule has 0 unspecified atom stereocenters. The lowest BCUT2D eigenvalue weighted by Gasteiger charge is -2.22. The summed E-state index contributed by atoms with van der Waals surface area (Å²) in [6, 6.07) is 5.37. The second-order valence-corrected chi connectivity index (χ2v) is 3.44. The number of aliphatic hydroxyl groups excluding tert-OH is 2. The molecule has 2 nitrogen and oxygen atoms in total. The van der Waals surface area contributed by atoms with E-state index >= 15 is 0 Å². The third-order valence-electron chi connectivity index (χ3n) is 2.18. The zero-order valence-electron chi connectivity index (χ0n) is 6.81. The summed E-state index contributed by atoms with van der Waals surface area (Å²) < 4.78 is 0. The van der Waals surface area contributed by atoms with E-state index in [1.807, 2.05) is 12.1 Å². The average Bonchev–Trinajstić information content (AvgIpc) is 2.12. The van der Waals surface area contributed by atoms with Gasteiger partial charge in [-0.15, -0.1) is 0 Å². The van der Waals surface area contributed by atoms with Crippen molar-refractivity contribution < 1.29 is 10.2 Å². The largest absolute Gasteiger partial charge is 0.386 e. The van der Waals surface area contributed by atoms with Gasteiger partial charge in [-0.05, 0) is 11.6 Å². The number of aliphatic hydroxyl groups is 2. The monoisotopic (exact) mass is 196 g/mol. The zero-order chi connectivity index (χ0) is 9.42. The second kappa shape index (κ2) is 3.14. The highest BCUT2D eigenvalue weighted by molar-refractivity contribution is 6.31. The molecule has 0 saturated carbocycles. The Bertz CT molecular complexity index is 360. The number of hydrogen-bond acceptors (Lipinski definition) is 2. The first-order valence-corrected chi connectivity index (χ1v) is 4.40. The number of fused-ring (bicyclic) bond motifs is 1. The van der Waals surface area contributed by atoms with Gasteiger partial charge in [0.1, 0.15) is 12.2 Å². The van der Waals surface area contributed by atoms with Crippen LogP contribution in [0.5, 0.6) is 0 Å². The number of halogens is 1. The molecule has 0 spiro atoms. The van der Waals surface area contributed by atoms with Crippen molar-refractivity contribution in [2.45, 2.75) is 12.2 Å². The highest BCUT2D eigenvalue weighted by Gasteiger charge is 2.24. The molecular weight excluding hydrogens is 188 g/mol. The zero-order valence-corrected chi connectivity index (χ0v) is 7.57. The van der Waals surface area contributed by atoms with Crippen LogP contribution in [-0.2, 0) is 0 Å². The van der Waals surface area contributed by atoms with Gasteiger partial charge in [0.2, 0.25) is 0 Å². The van der Waals surface area contributed by atoms with Gasteiger partial charge in [-0.2, -0.15) is 0 Å². The fourth-order valence-electron chi connectivity index (χ4n) is 1.49. The molecule has 1 aromatic carbocycles. The van der Waals surface area contributed by atoms with E-state index in [2.05, 4.69) is 0 Å². The molecule has 2 rings (SSSR count). The van der Waals surface area contributed by atoms with Crippen LogP contribution < -0.4 is 0 Å². The smallest absolute Gasteiger partial charge is 0.110 e. The van der Waals surface area contributed by atoms with Crippen LogP contribution in [0.2, 0.25) is 5.02 Å². The van der Waals surface area contributed by atoms with Gasteiger partial charge < -0.3 is 10.2 Å². The predicted octanol–water partition coefficient (Wildman–Crippen LogP) is 1.76. The van der Waals surface area contributed by atoms with Crippen LogP contribution in [0.3, 0.4) is 0 Å². The van der Waals surface area contributed by atoms with E-state index in [9.17, 15) is 10.2 Å². The summed E-state index contributed by atoms with van der Waals surface area (Å²) >= 11 is 5.90. The van der Waals surface area contributed by atoms with Gasteiger partial charge >= 0.3 is 0 Å². The van der Waals surface area contributed by atoms with E-state index in [1.54, 1.807) is 18.2 Å². The highest BCUT2D eigenvalue weighted by Crippen LogP contribution is 2.33. The molecule has 0 aliphatic heterocycles. The summed E-state index contributed by atoms with van der Waals surface area (Å²) in [4.78, 5) is 0. The number of hydrogen-bond donors (Lipinski definition) is 2. The third kappa shape index (κ3) is 1.37. The van der Waals surface area contributed by atoms with Gasteiger partial charge in [0, 0.05) is 10.6 Å². The minimum Gasteiger partial charge on any atom is -0.386 e. The quantitative estimate of drug-likeness (QED) is 0.664. The summed E-state index contributed by atoms with van der Waals surface area (Å²) in [7, 11) is 0. The Balaban J connectivity index is 2.60. The Morgan fingerprint density at radius 1 is 1.23 bits per heavy atom. The molecule has 0 aromatic heterocycles. The maximum atomic E-state index is 9.62. The molecule has 1 aromatic rings. The van der Waals surface area contributed by atoms with Crippen molar-refractivity contribution in [3.63, 3.8) is 0 Å². The molecule has 0 fully saturated rings. The molecule has 1 aliphatic rings. The van der Waals surface area contributed by atoms with Gasteiger partial charge in [-0.25, -0.2) is 0 Å². The minimum absolute atomic E-state index is 0.494. The van der Waals surface area contributed by atoms with Crippen molar-refractivity contribution in [3.05, 3.63) is 40.4 Å². The van der Waals surface area contributed by atoms with E-state index in [4.69, 9.17) is 11.6 Å². The lowest BCUT2D eigenvalue weighted by Crippen LogP contribution is -2.19. The second-order valence-electron chi connectivity index (χ2n) is 3.04. The molecule has 13 heavy (non-hydrogen) atoms. The van der Waals surface area contributed by atoms with Crippen molar-refractivity contribution >= 4 is 17.7 Å². The lowest BCUT2D eigenvalue weighted by molar-refractivity contribution is 0.0471. The van der Waals surface area contributed by atoms with Gasteiger partial charge in [0.15, 0.2) is 0 Å². The summed E-state index contributed by atoms with van der Waals surface area (Å²) in [5.74, 6) is 0. The molecular formula is C10H9ClO2. The normalized spacial score (nSPS) is 25.8. The van der Waals surface area contributed by atoms with Crippen LogP contribution >= 0.6 is 11.6 Å². The maximum Gasteiger partial charge on any atom is 0.110 e. The van der Waals surface area contributed by atoms with Gasteiger partial charge in [0.25, 0.3) is 0 Å². The molecule has 2 N–H and O–H groups in total. The van der Waals surface area contributed by atoms with E-state index < -0.39 is 12.2 Å². The van der Waals surface area contributed by atoms with Gasteiger partial charge in [-0.1, -0.05) is 35.9 Å². The van der Waals surface area contributed by atoms with E-state index in [1.165, 1.54) is 0 Å². The summed E-state index contributed by atoms with van der Waals surface area (Å²) in [6.45, 7) is 0. The van der Waals surface area contributed by atoms with E-state index in [0.717, 1.165) is 5.56 Å². The van der Waals surface area contributed by atoms with Gasteiger partial charge in [0.05, 0.1) is 0 Å². The van der Waals surface area contributed by atoms with Crippen molar-refractivity contribution in [1.82, 2.24) is 0 Å². The van der Waals surface area contributed by atoms with Crippen molar-refractivity contribution in [2.24, 2.45) is 0 Å². The Labute approximate surface area is 81.1 Å². The molecule has 3 heteroatoms. The topological polar surface area (TPSA) is 40.5 Å². The Morgan fingerprint density at radius 2 is 2.00 bits per heavy atom. The Hall–Kier alpha value is -0.830.